The predicted molar refractivity (Wildman–Crippen MR) is 99.9 cm³/mol. The molecule has 1 heterocycles. The van der Waals surface area contributed by atoms with Gasteiger partial charge in [0.25, 0.3) is 5.91 Å². The van der Waals surface area contributed by atoms with Gasteiger partial charge in [-0.1, -0.05) is 18.2 Å². The van der Waals surface area contributed by atoms with E-state index in [1.165, 1.54) is 4.90 Å². The highest BCUT2D eigenvalue weighted by Crippen LogP contribution is 2.20. The molecule has 1 N–H and O–H groups in total. The molecule has 3 rings (SSSR count). The Kier molecular flexibility index (Phi) is 6.57. The van der Waals surface area contributed by atoms with E-state index in [1.54, 1.807) is 0 Å². The number of ether oxygens (including phenoxy) is 1. The highest BCUT2D eigenvalue weighted by molar-refractivity contribution is 5.94. The van der Waals surface area contributed by atoms with Crippen molar-refractivity contribution in [1.29, 1.82) is 0 Å². The Labute approximate surface area is 162 Å². The summed E-state index contributed by atoms with van der Waals surface area (Å²) < 4.78 is 32.3. The van der Waals surface area contributed by atoms with Gasteiger partial charge in [0.15, 0.2) is 0 Å². The van der Waals surface area contributed by atoms with Crippen molar-refractivity contribution in [2.45, 2.75) is 12.8 Å². The molecule has 2 aromatic rings. The van der Waals surface area contributed by atoms with E-state index in [0.29, 0.717) is 45.1 Å². The molecule has 1 aliphatic rings. The number of carbonyl (C=O) groups is 2. The molecule has 0 bridgehead atoms. The van der Waals surface area contributed by atoms with Crippen LogP contribution in [0.15, 0.2) is 48.5 Å². The van der Waals surface area contributed by atoms with E-state index in [-0.39, 0.29) is 17.4 Å². The maximum absolute atomic E-state index is 13.8. The van der Waals surface area contributed by atoms with E-state index in [4.69, 9.17) is 4.74 Å². The second-order valence-electron chi connectivity index (χ2n) is 6.64. The number of halogens is 2. The lowest BCUT2D eigenvalue weighted by Crippen LogP contribution is -2.43. The first-order chi connectivity index (χ1) is 13.5. The van der Waals surface area contributed by atoms with Gasteiger partial charge in [-0.3, -0.25) is 9.59 Å². The summed E-state index contributed by atoms with van der Waals surface area (Å²) in [6.07, 6.45) is 1.000. The summed E-state index contributed by atoms with van der Waals surface area (Å²) in [5.74, 6) is -1.59. The summed E-state index contributed by atoms with van der Waals surface area (Å²) in [7, 11) is 0. The minimum Gasteiger partial charge on any atom is -0.492 e. The molecule has 1 aliphatic heterocycles. The van der Waals surface area contributed by atoms with E-state index >= 15 is 0 Å². The first-order valence-electron chi connectivity index (χ1n) is 9.24. The maximum Gasteiger partial charge on any atom is 0.256 e. The lowest BCUT2D eigenvalue weighted by molar-refractivity contribution is -0.126. The average molecular weight is 388 g/mol. The van der Waals surface area contributed by atoms with Gasteiger partial charge >= 0.3 is 0 Å². The summed E-state index contributed by atoms with van der Waals surface area (Å²) in [5.41, 5.74) is -0.151. The molecule has 0 radical (unpaired) electrons. The molecule has 0 aromatic heterocycles. The van der Waals surface area contributed by atoms with Crippen molar-refractivity contribution in [2.75, 3.05) is 26.2 Å². The number of para-hydroxylation sites is 1. The quantitative estimate of drug-likeness (QED) is 0.774. The zero-order chi connectivity index (χ0) is 19.9. The van der Waals surface area contributed by atoms with Crippen molar-refractivity contribution < 1.29 is 23.1 Å². The van der Waals surface area contributed by atoms with Gasteiger partial charge in [-0.15, -0.1) is 0 Å². The lowest BCUT2D eigenvalue weighted by atomic mass is 9.95. The van der Waals surface area contributed by atoms with Crippen LogP contribution in [0.4, 0.5) is 8.78 Å². The number of benzene rings is 2. The molecule has 148 valence electrons. The lowest BCUT2D eigenvalue weighted by Gasteiger charge is -2.31. The Bertz CT molecular complexity index is 822. The molecule has 2 amide bonds. The van der Waals surface area contributed by atoms with Crippen LogP contribution in [0.5, 0.6) is 5.75 Å². The molecule has 0 atom stereocenters. The second-order valence-corrected chi connectivity index (χ2v) is 6.64. The number of hydrogen-bond acceptors (Lipinski definition) is 3. The van der Waals surface area contributed by atoms with Crippen LogP contribution in [0.25, 0.3) is 0 Å². The monoisotopic (exact) mass is 388 g/mol. The van der Waals surface area contributed by atoms with E-state index in [9.17, 15) is 18.4 Å². The van der Waals surface area contributed by atoms with Crippen molar-refractivity contribution >= 4 is 11.8 Å². The van der Waals surface area contributed by atoms with Gasteiger partial charge < -0.3 is 15.0 Å². The minimum atomic E-state index is -0.872. The topological polar surface area (TPSA) is 58.6 Å². The summed E-state index contributed by atoms with van der Waals surface area (Å²) in [5, 5.41) is 2.84. The summed E-state index contributed by atoms with van der Waals surface area (Å²) >= 11 is 0. The van der Waals surface area contributed by atoms with Crippen LogP contribution in [0.3, 0.4) is 0 Å². The van der Waals surface area contributed by atoms with E-state index in [1.807, 2.05) is 30.3 Å². The molecule has 0 saturated carbocycles. The van der Waals surface area contributed by atoms with Gasteiger partial charge in [-0.05, 0) is 37.1 Å². The number of nitrogens with zero attached hydrogens (tertiary/aromatic N) is 1. The van der Waals surface area contributed by atoms with Crippen LogP contribution in [-0.2, 0) is 4.79 Å². The fourth-order valence-electron chi connectivity index (χ4n) is 3.18. The Balaban J connectivity index is 1.41. The third-order valence-electron chi connectivity index (χ3n) is 4.73. The van der Waals surface area contributed by atoms with Crippen molar-refractivity contribution in [3.05, 3.63) is 65.7 Å². The number of piperidine rings is 1. The zero-order valence-electron chi connectivity index (χ0n) is 15.4. The molecular weight excluding hydrogens is 366 g/mol. The van der Waals surface area contributed by atoms with Gasteiger partial charge in [-0.2, -0.15) is 0 Å². The largest absolute Gasteiger partial charge is 0.492 e. The highest BCUT2D eigenvalue weighted by Gasteiger charge is 2.28. The number of likely N-dealkylation sites (tertiary alicyclic amines) is 1. The van der Waals surface area contributed by atoms with E-state index < -0.39 is 17.5 Å². The molecule has 5 nitrogen and oxygen atoms in total. The van der Waals surface area contributed by atoms with Gasteiger partial charge in [0.05, 0.1) is 12.1 Å². The first kappa shape index (κ1) is 19.8. The molecule has 0 spiro atoms. The molecule has 0 unspecified atom stereocenters. The Morgan fingerprint density at radius 3 is 2.46 bits per heavy atom. The molecule has 1 saturated heterocycles. The van der Waals surface area contributed by atoms with Crippen LogP contribution < -0.4 is 10.1 Å². The Hall–Kier alpha value is -2.96. The SMILES string of the molecule is O=C(NCCOc1ccccc1)C1CCN(C(=O)c2ccc(F)cc2F)CC1. The molecule has 1 fully saturated rings. The average Bonchev–Trinajstić information content (AvgIpc) is 2.71. The van der Waals surface area contributed by atoms with Gasteiger partial charge in [0, 0.05) is 25.1 Å². The third kappa shape index (κ3) is 5.06. The fourth-order valence-corrected chi connectivity index (χ4v) is 3.18. The Morgan fingerprint density at radius 2 is 1.79 bits per heavy atom. The van der Waals surface area contributed by atoms with Crippen molar-refractivity contribution in [2.24, 2.45) is 5.92 Å². The molecular formula is C21H22F2N2O3. The second kappa shape index (κ2) is 9.30. The molecule has 0 aliphatic carbocycles. The van der Waals surface area contributed by atoms with Crippen LogP contribution >= 0.6 is 0 Å². The van der Waals surface area contributed by atoms with Crippen LogP contribution in [-0.4, -0.2) is 43.0 Å². The highest BCUT2D eigenvalue weighted by atomic mass is 19.1. The normalized spacial score (nSPS) is 14.6. The van der Waals surface area contributed by atoms with Gasteiger partial charge in [0.1, 0.15) is 24.0 Å². The van der Waals surface area contributed by atoms with Crippen molar-refractivity contribution in [3.8, 4) is 5.75 Å². The van der Waals surface area contributed by atoms with Crippen LogP contribution in [0.1, 0.15) is 23.2 Å². The summed E-state index contributed by atoms with van der Waals surface area (Å²) in [6.45, 7) is 1.48. The Morgan fingerprint density at radius 1 is 1.07 bits per heavy atom. The number of amides is 2. The molecule has 28 heavy (non-hydrogen) atoms. The fraction of sp³-hybridized carbons (Fsp3) is 0.333. The number of nitrogens with one attached hydrogen (secondary N) is 1. The zero-order valence-corrected chi connectivity index (χ0v) is 15.4. The maximum atomic E-state index is 13.8. The van der Waals surface area contributed by atoms with Crippen LogP contribution in [0, 0.1) is 17.6 Å². The predicted octanol–water partition coefficient (Wildman–Crippen LogP) is 3.01. The number of rotatable bonds is 6. The molecule has 7 heteroatoms. The number of carbonyl (C=O) groups excluding carboxylic acids is 2. The van der Waals surface area contributed by atoms with Crippen molar-refractivity contribution in [3.63, 3.8) is 0 Å². The smallest absolute Gasteiger partial charge is 0.256 e. The van der Waals surface area contributed by atoms with Gasteiger partial charge in [-0.25, -0.2) is 8.78 Å². The van der Waals surface area contributed by atoms with E-state index in [2.05, 4.69) is 5.32 Å². The standard InChI is InChI=1S/C21H22F2N2O3/c22-16-6-7-18(19(23)14-16)21(27)25-11-8-15(9-12-25)20(26)24-10-13-28-17-4-2-1-3-5-17/h1-7,14-15H,8-13H2,(H,24,26). The first-order valence-corrected chi connectivity index (χ1v) is 9.24. The molecule has 2 aromatic carbocycles. The van der Waals surface area contributed by atoms with Crippen molar-refractivity contribution in [1.82, 2.24) is 10.2 Å². The van der Waals surface area contributed by atoms with Gasteiger partial charge in [0.2, 0.25) is 5.91 Å². The number of hydrogen-bond donors (Lipinski definition) is 1. The minimum absolute atomic E-state index is 0.0725. The summed E-state index contributed by atoms with van der Waals surface area (Å²) in [4.78, 5) is 26.2. The van der Waals surface area contributed by atoms with E-state index in [0.717, 1.165) is 17.9 Å². The third-order valence-corrected chi connectivity index (χ3v) is 4.73. The summed E-state index contributed by atoms with van der Waals surface area (Å²) in [6, 6.07) is 12.3. The van der Waals surface area contributed by atoms with Crippen LogP contribution in [0.2, 0.25) is 0 Å².